The summed E-state index contributed by atoms with van der Waals surface area (Å²) in [5.74, 6) is -0.577. The predicted octanol–water partition coefficient (Wildman–Crippen LogP) is -2.34. The first kappa shape index (κ1) is 23.7. The summed E-state index contributed by atoms with van der Waals surface area (Å²) in [6.07, 6.45) is 0.257. The summed E-state index contributed by atoms with van der Waals surface area (Å²) in [6.45, 7) is 3.23. The summed E-state index contributed by atoms with van der Waals surface area (Å²) < 4.78 is 21.0. The molecule has 0 radical (unpaired) electrons. The van der Waals surface area contributed by atoms with Crippen molar-refractivity contribution < 1.29 is 38.7 Å². The molecule has 2 amide bonds. The van der Waals surface area contributed by atoms with Crippen LogP contribution in [-0.4, -0.2) is 101 Å². The van der Waals surface area contributed by atoms with Crippen molar-refractivity contribution in [3.8, 4) is 0 Å². The smallest absolute Gasteiger partial charge is 0.245 e. The van der Waals surface area contributed by atoms with Crippen LogP contribution >= 0.6 is 0 Å². The Morgan fingerprint density at radius 2 is 1.12 bits per heavy atom. The van der Waals surface area contributed by atoms with E-state index in [4.69, 9.17) is 29.2 Å². The SMILES string of the molecule is O=C(CO)NCCOCCOCCOCCOCCC(=O)NCCO. The van der Waals surface area contributed by atoms with Gasteiger partial charge in [0.15, 0.2) is 0 Å². The van der Waals surface area contributed by atoms with E-state index in [1.165, 1.54) is 0 Å². The number of carbonyl (C=O) groups is 2. The van der Waals surface area contributed by atoms with Crippen molar-refractivity contribution in [3.63, 3.8) is 0 Å². The van der Waals surface area contributed by atoms with E-state index in [9.17, 15) is 9.59 Å². The van der Waals surface area contributed by atoms with Crippen molar-refractivity contribution in [3.05, 3.63) is 0 Å². The summed E-state index contributed by atoms with van der Waals surface area (Å²) in [6, 6.07) is 0. The van der Waals surface area contributed by atoms with Crippen LogP contribution in [0.25, 0.3) is 0 Å². The highest BCUT2D eigenvalue weighted by atomic mass is 16.6. The molecule has 0 aliphatic heterocycles. The van der Waals surface area contributed by atoms with Crippen LogP contribution in [0.4, 0.5) is 0 Å². The van der Waals surface area contributed by atoms with E-state index in [1.807, 2.05) is 0 Å². The minimum atomic E-state index is -0.520. The second-order valence-corrected chi connectivity index (χ2v) is 4.78. The van der Waals surface area contributed by atoms with Gasteiger partial charge in [-0.3, -0.25) is 9.59 Å². The van der Waals surface area contributed by atoms with Crippen LogP contribution < -0.4 is 10.6 Å². The van der Waals surface area contributed by atoms with Crippen LogP contribution in [0.3, 0.4) is 0 Å². The quantitative estimate of drug-likeness (QED) is 0.198. The van der Waals surface area contributed by atoms with Gasteiger partial charge in [0.2, 0.25) is 11.8 Å². The molecule has 0 bridgehead atoms. The van der Waals surface area contributed by atoms with Gasteiger partial charge >= 0.3 is 0 Å². The second kappa shape index (κ2) is 19.0. The fraction of sp³-hybridized carbons (Fsp3) is 0.867. The molecule has 0 aromatic carbocycles. The Morgan fingerprint density at radius 1 is 0.640 bits per heavy atom. The molecule has 0 aliphatic rings. The van der Waals surface area contributed by atoms with Crippen molar-refractivity contribution in [2.45, 2.75) is 6.42 Å². The molecular weight excluding hydrogens is 336 g/mol. The highest BCUT2D eigenvalue weighted by molar-refractivity contribution is 5.76. The Hall–Kier alpha value is -1.30. The van der Waals surface area contributed by atoms with Gasteiger partial charge < -0.3 is 39.8 Å². The highest BCUT2D eigenvalue weighted by Gasteiger charge is 2.00. The van der Waals surface area contributed by atoms with Crippen molar-refractivity contribution in [1.29, 1.82) is 0 Å². The standard InChI is InChI=1S/C15H30N2O8/c18-4-2-16-14(20)1-5-22-7-9-24-11-12-25-10-8-23-6-3-17-15(21)13-19/h18-19H,1-13H2,(H,16,20)(H,17,21). The third-order valence-electron chi connectivity index (χ3n) is 2.74. The van der Waals surface area contributed by atoms with Crippen LogP contribution in [0.5, 0.6) is 0 Å². The van der Waals surface area contributed by atoms with Gasteiger partial charge in [-0.05, 0) is 0 Å². The normalized spacial score (nSPS) is 10.6. The van der Waals surface area contributed by atoms with E-state index in [-0.39, 0.29) is 25.5 Å². The van der Waals surface area contributed by atoms with E-state index in [0.717, 1.165) is 0 Å². The topological polar surface area (TPSA) is 136 Å². The molecule has 0 atom stereocenters. The molecule has 0 fully saturated rings. The van der Waals surface area contributed by atoms with Gasteiger partial charge in [-0.1, -0.05) is 0 Å². The average Bonchev–Trinajstić information content (AvgIpc) is 2.62. The number of nitrogens with one attached hydrogen (secondary N) is 2. The number of hydrogen-bond donors (Lipinski definition) is 4. The lowest BCUT2D eigenvalue weighted by Crippen LogP contribution is -2.29. The van der Waals surface area contributed by atoms with Crippen LogP contribution in [-0.2, 0) is 28.5 Å². The summed E-state index contributed by atoms with van der Waals surface area (Å²) in [7, 11) is 0. The summed E-state index contributed by atoms with van der Waals surface area (Å²) in [5.41, 5.74) is 0. The lowest BCUT2D eigenvalue weighted by molar-refractivity contribution is -0.124. The molecule has 4 N–H and O–H groups in total. The van der Waals surface area contributed by atoms with Crippen LogP contribution in [0.15, 0.2) is 0 Å². The zero-order chi connectivity index (χ0) is 18.6. The van der Waals surface area contributed by atoms with Crippen LogP contribution in [0.1, 0.15) is 6.42 Å². The lowest BCUT2D eigenvalue weighted by atomic mass is 10.4. The molecule has 0 unspecified atom stereocenters. The van der Waals surface area contributed by atoms with Gasteiger partial charge in [-0.15, -0.1) is 0 Å². The van der Waals surface area contributed by atoms with Crippen molar-refractivity contribution in [2.75, 3.05) is 79.2 Å². The number of hydrogen-bond acceptors (Lipinski definition) is 8. The maximum absolute atomic E-state index is 11.2. The average molecular weight is 366 g/mol. The zero-order valence-corrected chi connectivity index (χ0v) is 14.5. The molecule has 10 nitrogen and oxygen atoms in total. The van der Waals surface area contributed by atoms with E-state index < -0.39 is 12.5 Å². The largest absolute Gasteiger partial charge is 0.395 e. The Bertz CT molecular complexity index is 331. The fourth-order valence-electron chi connectivity index (χ4n) is 1.53. The molecule has 0 aromatic heterocycles. The van der Waals surface area contributed by atoms with Crippen LogP contribution in [0.2, 0.25) is 0 Å². The minimum Gasteiger partial charge on any atom is -0.395 e. The summed E-state index contributed by atoms with van der Waals surface area (Å²) in [4.78, 5) is 21.9. The molecule has 0 heterocycles. The molecule has 0 rings (SSSR count). The van der Waals surface area contributed by atoms with E-state index in [1.54, 1.807) is 0 Å². The van der Waals surface area contributed by atoms with Crippen molar-refractivity contribution >= 4 is 11.8 Å². The second-order valence-electron chi connectivity index (χ2n) is 4.78. The highest BCUT2D eigenvalue weighted by Crippen LogP contribution is 1.85. The van der Waals surface area contributed by atoms with Gasteiger partial charge in [0.25, 0.3) is 0 Å². The third kappa shape index (κ3) is 18.9. The fourth-order valence-corrected chi connectivity index (χ4v) is 1.53. The molecule has 0 saturated heterocycles. The number of ether oxygens (including phenoxy) is 4. The third-order valence-corrected chi connectivity index (χ3v) is 2.74. The first-order valence-electron chi connectivity index (χ1n) is 8.26. The summed E-state index contributed by atoms with van der Waals surface area (Å²) >= 11 is 0. The Balaban J connectivity index is 3.09. The molecule has 10 heteroatoms. The molecule has 0 aliphatic carbocycles. The molecule has 0 aromatic rings. The lowest BCUT2D eigenvalue weighted by Gasteiger charge is -2.08. The Kier molecular flexibility index (Phi) is 18.0. The monoisotopic (exact) mass is 366 g/mol. The molecule has 25 heavy (non-hydrogen) atoms. The van der Waals surface area contributed by atoms with E-state index in [2.05, 4.69) is 10.6 Å². The van der Waals surface area contributed by atoms with E-state index >= 15 is 0 Å². The Morgan fingerprint density at radius 3 is 1.64 bits per heavy atom. The minimum absolute atomic E-state index is 0.0719. The first-order chi connectivity index (χ1) is 12.2. The van der Waals surface area contributed by atoms with Crippen LogP contribution in [0, 0.1) is 0 Å². The maximum atomic E-state index is 11.2. The van der Waals surface area contributed by atoms with E-state index in [0.29, 0.717) is 59.4 Å². The Labute approximate surface area is 147 Å². The molecule has 0 saturated carbocycles. The number of carbonyl (C=O) groups excluding carboxylic acids is 2. The number of aliphatic hydroxyl groups is 2. The van der Waals surface area contributed by atoms with Crippen molar-refractivity contribution in [1.82, 2.24) is 10.6 Å². The van der Waals surface area contributed by atoms with Gasteiger partial charge in [-0.25, -0.2) is 0 Å². The first-order valence-corrected chi connectivity index (χ1v) is 8.26. The number of amides is 2. The predicted molar refractivity (Wildman–Crippen MR) is 88.1 cm³/mol. The maximum Gasteiger partial charge on any atom is 0.245 e. The summed E-state index contributed by atoms with van der Waals surface area (Å²) in [5, 5.41) is 22.0. The van der Waals surface area contributed by atoms with Gasteiger partial charge in [0, 0.05) is 19.5 Å². The molecule has 148 valence electrons. The zero-order valence-electron chi connectivity index (χ0n) is 14.5. The molecule has 0 spiro atoms. The number of aliphatic hydroxyl groups excluding tert-OH is 2. The number of rotatable bonds is 18. The van der Waals surface area contributed by atoms with Crippen molar-refractivity contribution in [2.24, 2.45) is 0 Å². The van der Waals surface area contributed by atoms with Gasteiger partial charge in [-0.2, -0.15) is 0 Å². The molecular formula is C15H30N2O8. The van der Waals surface area contributed by atoms with Gasteiger partial charge in [0.1, 0.15) is 6.61 Å². The van der Waals surface area contributed by atoms with Gasteiger partial charge in [0.05, 0.1) is 59.5 Å².